The van der Waals surface area contributed by atoms with E-state index in [4.69, 9.17) is 0 Å². The first-order chi connectivity index (χ1) is 17.0. The van der Waals surface area contributed by atoms with Gasteiger partial charge in [0.25, 0.3) is 0 Å². The van der Waals surface area contributed by atoms with Crippen molar-refractivity contribution < 1.29 is 14.4 Å². The molecular formula is C29H44N4O3. The zero-order valence-corrected chi connectivity index (χ0v) is 23.1. The molecule has 0 saturated carbocycles. The zero-order valence-electron chi connectivity index (χ0n) is 23.1. The minimum Gasteiger partial charge on any atom is -0.343 e. The van der Waals surface area contributed by atoms with Gasteiger partial charge in [-0.25, -0.2) is 0 Å². The first kappa shape index (κ1) is 27.9. The maximum Gasteiger partial charge on any atom is 0.249 e. The number of amides is 3. The summed E-state index contributed by atoms with van der Waals surface area (Å²) in [5.41, 5.74) is 3.01. The highest BCUT2D eigenvalue weighted by molar-refractivity contribution is 5.94. The predicted octanol–water partition coefficient (Wildman–Crippen LogP) is 3.58. The van der Waals surface area contributed by atoms with Crippen molar-refractivity contribution in [2.24, 2.45) is 11.8 Å². The number of likely N-dealkylation sites (N-methyl/N-ethyl adjacent to an activating group) is 2. The molecule has 1 N–H and O–H groups in total. The van der Waals surface area contributed by atoms with E-state index in [-0.39, 0.29) is 41.6 Å². The average molecular weight is 497 g/mol. The third-order valence-corrected chi connectivity index (χ3v) is 7.67. The standard InChI is InChI=1S/C29H44N4O3/c1-19(2)25(16-21(5)28(35)33-17-22-12-8-9-13-23(22)18-33)32(7)29(36)26(20(3)4)30-27(34)24-14-10-11-15-31(24)6/h8-9,12-13,16,19-20,24-26H,10-11,14-15,17-18H2,1-7H3,(H,30,34)/t24-,25-,26+/m1/s1. The maximum atomic E-state index is 13.7. The van der Waals surface area contributed by atoms with E-state index in [0.717, 1.165) is 25.8 Å². The molecule has 0 aromatic heterocycles. The number of carbonyl (C=O) groups is 3. The number of carbonyl (C=O) groups excluding carboxylic acids is 3. The summed E-state index contributed by atoms with van der Waals surface area (Å²) in [7, 11) is 3.75. The van der Waals surface area contributed by atoms with E-state index in [0.29, 0.717) is 18.7 Å². The minimum atomic E-state index is -0.614. The van der Waals surface area contributed by atoms with E-state index in [9.17, 15) is 14.4 Å². The van der Waals surface area contributed by atoms with Crippen molar-refractivity contribution in [1.29, 1.82) is 0 Å². The first-order valence-electron chi connectivity index (χ1n) is 13.3. The lowest BCUT2D eigenvalue weighted by Crippen LogP contribution is -2.57. The lowest BCUT2D eigenvalue weighted by molar-refractivity contribution is -0.139. The number of hydrogen-bond donors (Lipinski definition) is 1. The second-order valence-corrected chi connectivity index (χ2v) is 11.2. The van der Waals surface area contributed by atoms with E-state index in [1.165, 1.54) is 11.1 Å². The van der Waals surface area contributed by atoms with Gasteiger partial charge in [-0.3, -0.25) is 19.3 Å². The molecule has 2 aliphatic heterocycles. The van der Waals surface area contributed by atoms with Gasteiger partial charge in [-0.15, -0.1) is 0 Å². The van der Waals surface area contributed by atoms with Crippen LogP contribution in [0.2, 0.25) is 0 Å². The Bertz CT molecular complexity index is 961. The fourth-order valence-corrected chi connectivity index (χ4v) is 5.34. The monoisotopic (exact) mass is 496 g/mol. The summed E-state index contributed by atoms with van der Waals surface area (Å²) in [6.07, 6.45) is 4.86. The summed E-state index contributed by atoms with van der Waals surface area (Å²) < 4.78 is 0. The number of nitrogens with zero attached hydrogens (tertiary/aromatic N) is 3. The Kier molecular flexibility index (Phi) is 9.34. The van der Waals surface area contributed by atoms with Crippen LogP contribution in [0.1, 0.15) is 65.0 Å². The normalized spacial score (nSPS) is 20.3. The molecule has 7 nitrogen and oxygen atoms in total. The Hall–Kier alpha value is -2.67. The predicted molar refractivity (Wildman–Crippen MR) is 143 cm³/mol. The Morgan fingerprint density at radius 2 is 1.64 bits per heavy atom. The van der Waals surface area contributed by atoms with Crippen LogP contribution in [0.15, 0.2) is 35.9 Å². The van der Waals surface area contributed by atoms with E-state index < -0.39 is 6.04 Å². The first-order valence-corrected chi connectivity index (χ1v) is 13.3. The molecule has 1 fully saturated rings. The van der Waals surface area contributed by atoms with Crippen LogP contribution in [0, 0.1) is 11.8 Å². The van der Waals surface area contributed by atoms with Crippen LogP contribution in [-0.4, -0.2) is 71.2 Å². The second kappa shape index (κ2) is 12.0. The molecule has 3 atom stereocenters. The lowest BCUT2D eigenvalue weighted by Gasteiger charge is -2.36. The van der Waals surface area contributed by atoms with Crippen molar-refractivity contribution in [2.75, 3.05) is 20.6 Å². The number of likely N-dealkylation sites (tertiary alicyclic amines) is 1. The van der Waals surface area contributed by atoms with Crippen LogP contribution in [-0.2, 0) is 27.5 Å². The van der Waals surface area contributed by atoms with Gasteiger partial charge in [0.05, 0.1) is 12.1 Å². The Balaban J connectivity index is 1.72. The number of benzene rings is 1. The van der Waals surface area contributed by atoms with Gasteiger partial charge in [0.15, 0.2) is 0 Å². The molecule has 3 amide bonds. The van der Waals surface area contributed by atoms with E-state index in [2.05, 4.69) is 22.3 Å². The number of fused-ring (bicyclic) bond motifs is 1. The molecule has 198 valence electrons. The Labute approximate surface area is 216 Å². The van der Waals surface area contributed by atoms with Crippen molar-refractivity contribution >= 4 is 17.7 Å². The molecule has 0 aliphatic carbocycles. The highest BCUT2D eigenvalue weighted by Gasteiger charge is 2.34. The summed E-state index contributed by atoms with van der Waals surface area (Å²) in [6.45, 7) is 12.0. The number of rotatable bonds is 8. The van der Waals surface area contributed by atoms with Crippen LogP contribution in [0.3, 0.4) is 0 Å². The van der Waals surface area contributed by atoms with Crippen molar-refractivity contribution in [3.05, 3.63) is 47.0 Å². The molecule has 36 heavy (non-hydrogen) atoms. The second-order valence-electron chi connectivity index (χ2n) is 11.2. The summed E-state index contributed by atoms with van der Waals surface area (Å²) in [5, 5.41) is 3.05. The average Bonchev–Trinajstić information content (AvgIpc) is 3.28. The number of hydrogen-bond acceptors (Lipinski definition) is 4. The van der Waals surface area contributed by atoms with Crippen molar-refractivity contribution in [3.8, 4) is 0 Å². The van der Waals surface area contributed by atoms with Gasteiger partial charge in [0.2, 0.25) is 17.7 Å². The van der Waals surface area contributed by atoms with E-state index in [1.807, 2.05) is 64.8 Å². The molecule has 3 rings (SSSR count). The fourth-order valence-electron chi connectivity index (χ4n) is 5.34. The van der Waals surface area contributed by atoms with Crippen LogP contribution in [0.25, 0.3) is 0 Å². The van der Waals surface area contributed by atoms with Crippen LogP contribution < -0.4 is 5.32 Å². The van der Waals surface area contributed by atoms with Gasteiger partial charge in [0, 0.05) is 25.7 Å². The summed E-state index contributed by atoms with van der Waals surface area (Å²) >= 11 is 0. The zero-order chi connectivity index (χ0) is 26.6. The molecule has 0 spiro atoms. The summed E-state index contributed by atoms with van der Waals surface area (Å²) in [6, 6.07) is 7.07. The van der Waals surface area contributed by atoms with Crippen LogP contribution >= 0.6 is 0 Å². The van der Waals surface area contributed by atoms with Gasteiger partial charge < -0.3 is 15.1 Å². The van der Waals surface area contributed by atoms with Crippen molar-refractivity contribution in [1.82, 2.24) is 20.0 Å². The number of piperidine rings is 1. The van der Waals surface area contributed by atoms with Crippen LogP contribution in [0.4, 0.5) is 0 Å². The molecule has 1 saturated heterocycles. The molecule has 0 radical (unpaired) electrons. The van der Waals surface area contributed by atoms with Gasteiger partial charge in [-0.05, 0) is 56.3 Å². The quantitative estimate of drug-likeness (QED) is 0.559. The smallest absolute Gasteiger partial charge is 0.249 e. The Morgan fingerprint density at radius 3 is 2.17 bits per heavy atom. The van der Waals surface area contributed by atoms with Gasteiger partial charge in [-0.2, -0.15) is 0 Å². The largest absolute Gasteiger partial charge is 0.343 e. The topological polar surface area (TPSA) is 73.0 Å². The molecule has 0 bridgehead atoms. The minimum absolute atomic E-state index is 0.00764. The molecule has 1 aromatic rings. The third kappa shape index (κ3) is 6.36. The molecule has 0 unspecified atom stereocenters. The van der Waals surface area contributed by atoms with Gasteiger partial charge >= 0.3 is 0 Å². The van der Waals surface area contributed by atoms with Gasteiger partial charge in [-0.1, -0.05) is 64.5 Å². The summed E-state index contributed by atoms with van der Waals surface area (Å²) in [4.78, 5) is 45.6. The van der Waals surface area contributed by atoms with Gasteiger partial charge in [0.1, 0.15) is 6.04 Å². The SMILES string of the molecule is CC(=C[C@H](C(C)C)N(C)C(=O)[C@@H](NC(=O)[C@H]1CCCCN1C)C(C)C)C(=O)N1Cc2ccccc2C1. The van der Waals surface area contributed by atoms with Crippen molar-refractivity contribution in [3.63, 3.8) is 0 Å². The van der Waals surface area contributed by atoms with E-state index >= 15 is 0 Å². The molecular weight excluding hydrogens is 452 g/mol. The fraction of sp³-hybridized carbons (Fsp3) is 0.621. The molecule has 7 heteroatoms. The maximum absolute atomic E-state index is 13.7. The number of nitrogens with one attached hydrogen (secondary N) is 1. The van der Waals surface area contributed by atoms with Crippen molar-refractivity contribution in [2.45, 2.75) is 85.1 Å². The Morgan fingerprint density at radius 1 is 1.03 bits per heavy atom. The third-order valence-electron chi connectivity index (χ3n) is 7.67. The molecule has 1 aromatic carbocycles. The summed E-state index contributed by atoms with van der Waals surface area (Å²) in [5.74, 6) is -0.160. The molecule has 2 heterocycles. The highest BCUT2D eigenvalue weighted by Crippen LogP contribution is 2.25. The molecule has 2 aliphatic rings. The lowest BCUT2D eigenvalue weighted by atomic mass is 9.96. The highest BCUT2D eigenvalue weighted by atomic mass is 16.2. The van der Waals surface area contributed by atoms with E-state index in [1.54, 1.807) is 11.9 Å². The van der Waals surface area contributed by atoms with Crippen LogP contribution in [0.5, 0.6) is 0 Å².